The van der Waals surface area contributed by atoms with Crippen LogP contribution in [0.2, 0.25) is 0 Å². The number of pyridine rings is 1. The van der Waals surface area contributed by atoms with Gasteiger partial charge in [-0.2, -0.15) is 0 Å². The van der Waals surface area contributed by atoms with Crippen molar-refractivity contribution in [2.24, 2.45) is 0 Å². The Morgan fingerprint density at radius 1 is 1.32 bits per heavy atom. The monoisotopic (exact) mass is 266 g/mol. The molecule has 108 valence electrons. The highest BCUT2D eigenvalue weighted by atomic mass is 16.5. The van der Waals surface area contributed by atoms with Crippen molar-refractivity contribution in [3.63, 3.8) is 0 Å². The lowest BCUT2D eigenvalue weighted by Crippen LogP contribution is -2.24. The summed E-state index contributed by atoms with van der Waals surface area (Å²) < 4.78 is 11.0. The normalized spacial score (nSPS) is 11.8. The molecule has 0 spiro atoms. The van der Waals surface area contributed by atoms with E-state index in [1.54, 1.807) is 7.11 Å². The van der Waals surface area contributed by atoms with E-state index in [0.717, 1.165) is 25.2 Å². The van der Waals surface area contributed by atoms with Gasteiger partial charge in [0.1, 0.15) is 0 Å². The minimum absolute atomic E-state index is 0.122. The van der Waals surface area contributed by atoms with Crippen LogP contribution in [0.1, 0.15) is 38.4 Å². The molecule has 4 nitrogen and oxygen atoms in total. The first-order valence-corrected chi connectivity index (χ1v) is 6.85. The fourth-order valence-corrected chi connectivity index (χ4v) is 1.51. The van der Waals surface area contributed by atoms with Gasteiger partial charge in [-0.1, -0.05) is 13.0 Å². The van der Waals surface area contributed by atoms with Gasteiger partial charge >= 0.3 is 0 Å². The molecule has 0 amide bonds. The Labute approximate surface area is 116 Å². The van der Waals surface area contributed by atoms with Crippen LogP contribution in [0, 0.1) is 0 Å². The van der Waals surface area contributed by atoms with Gasteiger partial charge in [0.05, 0.1) is 17.9 Å². The molecule has 0 aromatic carbocycles. The predicted octanol–water partition coefficient (Wildman–Crippen LogP) is 2.52. The lowest BCUT2D eigenvalue weighted by Gasteiger charge is -2.22. The van der Waals surface area contributed by atoms with Gasteiger partial charge in [-0.25, -0.2) is 0 Å². The molecule has 0 unspecified atom stereocenters. The van der Waals surface area contributed by atoms with Crippen molar-refractivity contribution in [3.8, 4) is 0 Å². The summed E-state index contributed by atoms with van der Waals surface area (Å²) in [5, 5.41) is 3.27. The number of hydrogen-bond acceptors (Lipinski definition) is 4. The van der Waals surface area contributed by atoms with E-state index in [0.29, 0.717) is 13.2 Å². The summed E-state index contributed by atoms with van der Waals surface area (Å²) in [6, 6.07) is 4.11. The Morgan fingerprint density at radius 3 is 2.68 bits per heavy atom. The van der Waals surface area contributed by atoms with Gasteiger partial charge in [0.2, 0.25) is 0 Å². The van der Waals surface area contributed by atoms with Crippen molar-refractivity contribution in [2.75, 3.05) is 20.3 Å². The highest BCUT2D eigenvalue weighted by molar-refractivity contribution is 5.13. The van der Waals surface area contributed by atoms with E-state index < -0.39 is 0 Å². The summed E-state index contributed by atoms with van der Waals surface area (Å²) in [5.74, 6) is 0. The quantitative estimate of drug-likeness (QED) is 0.698. The molecular formula is C15H26N2O2. The second kappa shape index (κ2) is 8.25. The van der Waals surface area contributed by atoms with E-state index in [-0.39, 0.29) is 5.60 Å². The first kappa shape index (κ1) is 16.1. The van der Waals surface area contributed by atoms with Gasteiger partial charge in [0, 0.05) is 26.5 Å². The molecule has 0 fully saturated rings. The van der Waals surface area contributed by atoms with Crippen LogP contribution < -0.4 is 5.32 Å². The molecule has 0 bridgehead atoms. The van der Waals surface area contributed by atoms with Crippen LogP contribution in [-0.2, 0) is 22.6 Å². The summed E-state index contributed by atoms with van der Waals surface area (Å²) in [6.07, 6.45) is 2.78. The highest BCUT2D eigenvalue weighted by Crippen LogP contribution is 2.13. The Morgan fingerprint density at radius 2 is 2.11 bits per heavy atom. The van der Waals surface area contributed by atoms with Crippen LogP contribution in [0.5, 0.6) is 0 Å². The second-order valence-corrected chi connectivity index (χ2v) is 5.20. The fourth-order valence-electron chi connectivity index (χ4n) is 1.51. The number of hydrogen-bond donors (Lipinski definition) is 1. The van der Waals surface area contributed by atoms with Crippen molar-refractivity contribution in [1.29, 1.82) is 0 Å². The van der Waals surface area contributed by atoms with Crippen LogP contribution >= 0.6 is 0 Å². The van der Waals surface area contributed by atoms with Gasteiger partial charge in [-0.05, 0) is 38.4 Å². The second-order valence-electron chi connectivity index (χ2n) is 5.20. The number of ether oxygens (including phenoxy) is 2. The molecule has 0 saturated carbocycles. The van der Waals surface area contributed by atoms with Gasteiger partial charge < -0.3 is 14.8 Å². The maximum Gasteiger partial charge on any atom is 0.0887 e. The molecular weight excluding hydrogens is 240 g/mol. The van der Waals surface area contributed by atoms with Gasteiger partial charge in [0.25, 0.3) is 0 Å². The summed E-state index contributed by atoms with van der Waals surface area (Å²) in [7, 11) is 1.73. The van der Waals surface area contributed by atoms with E-state index >= 15 is 0 Å². The van der Waals surface area contributed by atoms with Gasteiger partial charge in [-0.3, -0.25) is 4.98 Å². The number of methoxy groups -OCH3 is 1. The average Bonchev–Trinajstić information content (AvgIpc) is 2.42. The summed E-state index contributed by atoms with van der Waals surface area (Å²) in [6.45, 7) is 9.29. The van der Waals surface area contributed by atoms with Crippen LogP contribution in [-0.4, -0.2) is 30.8 Å². The van der Waals surface area contributed by atoms with Crippen LogP contribution in [0.15, 0.2) is 18.3 Å². The van der Waals surface area contributed by atoms with Crippen molar-refractivity contribution in [3.05, 3.63) is 29.6 Å². The van der Waals surface area contributed by atoms with E-state index in [9.17, 15) is 0 Å². The zero-order valence-corrected chi connectivity index (χ0v) is 12.5. The molecule has 1 N–H and O–H groups in total. The molecule has 4 heteroatoms. The summed E-state index contributed by atoms with van der Waals surface area (Å²) >= 11 is 0. The first-order chi connectivity index (χ1) is 9.07. The highest BCUT2D eigenvalue weighted by Gasteiger charge is 2.15. The molecule has 0 saturated heterocycles. The van der Waals surface area contributed by atoms with E-state index in [1.165, 1.54) is 5.56 Å². The Hall–Kier alpha value is -0.970. The van der Waals surface area contributed by atoms with Gasteiger partial charge in [-0.15, -0.1) is 0 Å². The average molecular weight is 266 g/mol. The minimum Gasteiger partial charge on any atom is -0.379 e. The SMILES string of the molecule is CCNCc1ccc(COCCC(C)(C)OC)nc1. The van der Waals surface area contributed by atoms with Crippen molar-refractivity contribution in [2.45, 2.75) is 45.9 Å². The van der Waals surface area contributed by atoms with E-state index in [2.05, 4.69) is 37.1 Å². The molecule has 0 aliphatic carbocycles. The molecule has 1 aromatic heterocycles. The first-order valence-electron chi connectivity index (χ1n) is 6.85. The number of rotatable bonds is 9. The van der Waals surface area contributed by atoms with E-state index in [4.69, 9.17) is 9.47 Å². The molecule has 0 aliphatic heterocycles. The lowest BCUT2D eigenvalue weighted by atomic mass is 10.1. The molecule has 19 heavy (non-hydrogen) atoms. The summed E-state index contributed by atoms with van der Waals surface area (Å²) in [5.41, 5.74) is 2.05. The third-order valence-electron chi connectivity index (χ3n) is 3.12. The predicted molar refractivity (Wildman–Crippen MR) is 77.0 cm³/mol. The molecule has 0 atom stereocenters. The van der Waals surface area contributed by atoms with Crippen LogP contribution in [0.3, 0.4) is 0 Å². The smallest absolute Gasteiger partial charge is 0.0887 e. The van der Waals surface area contributed by atoms with Gasteiger partial charge in [0.15, 0.2) is 0 Å². The third kappa shape index (κ3) is 6.66. The lowest BCUT2D eigenvalue weighted by molar-refractivity contribution is -0.0128. The third-order valence-corrected chi connectivity index (χ3v) is 3.12. The van der Waals surface area contributed by atoms with Crippen molar-refractivity contribution < 1.29 is 9.47 Å². The molecule has 1 heterocycles. The molecule has 1 rings (SSSR count). The topological polar surface area (TPSA) is 43.4 Å². The molecule has 1 aromatic rings. The minimum atomic E-state index is -0.122. The standard InChI is InChI=1S/C15H26N2O2/c1-5-16-10-13-6-7-14(17-11-13)12-19-9-8-15(2,3)18-4/h6-7,11,16H,5,8-10,12H2,1-4H3. The molecule has 0 aliphatic rings. The number of nitrogens with one attached hydrogen (secondary N) is 1. The Bertz CT molecular complexity index is 350. The number of nitrogens with zero attached hydrogens (tertiary/aromatic N) is 1. The van der Waals surface area contributed by atoms with Crippen LogP contribution in [0.25, 0.3) is 0 Å². The fraction of sp³-hybridized carbons (Fsp3) is 0.667. The zero-order valence-electron chi connectivity index (χ0n) is 12.5. The zero-order chi connectivity index (χ0) is 14.1. The number of aromatic nitrogens is 1. The van der Waals surface area contributed by atoms with Crippen molar-refractivity contribution in [1.82, 2.24) is 10.3 Å². The summed E-state index contributed by atoms with van der Waals surface area (Å²) in [4.78, 5) is 4.39. The van der Waals surface area contributed by atoms with Crippen LogP contribution in [0.4, 0.5) is 0 Å². The maximum atomic E-state index is 5.62. The molecule has 0 radical (unpaired) electrons. The van der Waals surface area contributed by atoms with Crippen molar-refractivity contribution >= 4 is 0 Å². The Balaban J connectivity index is 2.26. The van der Waals surface area contributed by atoms with E-state index in [1.807, 2.05) is 12.3 Å². The largest absolute Gasteiger partial charge is 0.379 e. The maximum absolute atomic E-state index is 5.62. The Kier molecular flexibility index (Phi) is 6.99.